The van der Waals surface area contributed by atoms with Crippen molar-refractivity contribution >= 4 is 23.3 Å². The van der Waals surface area contributed by atoms with Crippen molar-refractivity contribution in [3.05, 3.63) is 24.2 Å². The zero-order valence-electron chi connectivity index (χ0n) is 22.8. The Morgan fingerprint density at radius 1 is 1.26 bits per heavy atom. The topological polar surface area (TPSA) is 183 Å². The number of nitrogen functional groups attached to an aromatic ring is 1. The van der Waals surface area contributed by atoms with Crippen LogP contribution in [0.3, 0.4) is 0 Å². The second-order valence-corrected chi connectivity index (χ2v) is 9.98. The summed E-state index contributed by atoms with van der Waals surface area (Å²) >= 11 is 0. The van der Waals surface area contributed by atoms with Gasteiger partial charge in [-0.1, -0.05) is 20.3 Å². The molecule has 0 saturated heterocycles. The van der Waals surface area contributed by atoms with Crippen LogP contribution in [-0.4, -0.2) is 75.9 Å². The van der Waals surface area contributed by atoms with Crippen LogP contribution in [-0.2, 0) is 28.5 Å². The lowest BCUT2D eigenvalue weighted by Crippen LogP contribution is -2.53. The van der Waals surface area contributed by atoms with E-state index in [9.17, 15) is 20.0 Å². The van der Waals surface area contributed by atoms with Crippen LogP contribution in [0.4, 0.5) is 5.82 Å². The molecule has 13 nitrogen and oxygen atoms in total. The minimum absolute atomic E-state index is 0.0696. The largest absolute Gasteiger partial charge is 0.461 e. The van der Waals surface area contributed by atoms with Gasteiger partial charge in [-0.25, -0.2) is 9.50 Å². The van der Waals surface area contributed by atoms with Gasteiger partial charge >= 0.3 is 11.9 Å². The Labute approximate surface area is 227 Å². The Hall–Kier alpha value is -3.31. The number of hydrogen-bond acceptors (Lipinski definition) is 12. The number of methoxy groups -OCH3 is 1. The maximum atomic E-state index is 12.6. The van der Waals surface area contributed by atoms with Gasteiger partial charge in [-0.15, -0.1) is 0 Å². The lowest BCUT2D eigenvalue weighted by atomic mass is 9.92. The van der Waals surface area contributed by atoms with Gasteiger partial charge in [0.2, 0.25) is 5.60 Å². The minimum atomic E-state index is -1.92. The Bertz CT molecular complexity index is 1160. The van der Waals surface area contributed by atoms with Crippen molar-refractivity contribution in [3.63, 3.8) is 0 Å². The number of esters is 2. The Morgan fingerprint density at radius 3 is 2.62 bits per heavy atom. The number of fused-ring (bicyclic) bond motifs is 1. The van der Waals surface area contributed by atoms with Crippen LogP contribution < -0.4 is 11.1 Å². The molecule has 0 unspecified atom stereocenters. The number of aromatic nitrogens is 3. The van der Waals surface area contributed by atoms with E-state index in [1.165, 1.54) is 18.0 Å². The predicted molar refractivity (Wildman–Crippen MR) is 139 cm³/mol. The normalized spacial score (nSPS) is 18.2. The summed E-state index contributed by atoms with van der Waals surface area (Å²) in [5.74, 6) is -1.40. The number of ether oxygens (including phenoxy) is 4. The molecule has 39 heavy (non-hydrogen) atoms. The maximum absolute atomic E-state index is 12.6. The fourth-order valence-corrected chi connectivity index (χ4v) is 4.35. The third kappa shape index (κ3) is 7.21. The van der Waals surface area contributed by atoms with Crippen molar-refractivity contribution in [2.75, 3.05) is 26.2 Å². The molecule has 1 fully saturated rings. The first-order chi connectivity index (χ1) is 18.6. The van der Waals surface area contributed by atoms with Gasteiger partial charge in [0, 0.05) is 7.11 Å². The van der Waals surface area contributed by atoms with E-state index in [1.54, 1.807) is 32.9 Å². The zero-order chi connectivity index (χ0) is 28.6. The molecular weight excluding hydrogens is 508 g/mol. The second kappa shape index (κ2) is 13.7. The molecule has 4 atom stereocenters. The molecule has 0 aromatic carbocycles. The average molecular weight is 547 g/mol. The van der Waals surface area contributed by atoms with E-state index in [1.807, 2.05) is 6.07 Å². The maximum Gasteiger partial charge on any atom is 0.323 e. The van der Waals surface area contributed by atoms with Crippen LogP contribution in [0.5, 0.6) is 0 Å². The summed E-state index contributed by atoms with van der Waals surface area (Å²) in [4.78, 5) is 29.0. The number of hydrogen-bond donors (Lipinski definition) is 3. The van der Waals surface area contributed by atoms with E-state index in [0.717, 1.165) is 32.1 Å². The first-order valence-electron chi connectivity index (χ1n) is 13.1. The average Bonchev–Trinajstić information content (AvgIpc) is 3.38. The standard InChI is InChI=1S/C26H38N6O7/c1-16(2)24(34)39-22(21(33)19-10-11-20-23(28)29-14-31-32(19)20)26(12-27,36-4)13-37-15-30-17(3)25(35)38-18-8-6-5-7-9-18/h10-11,14,16-18,21-22,30,33H,5-9,13,15H2,1-4H3,(H2,28,29,31)/t17-,21-,22-,26+/m0/s1. The molecule has 1 aliphatic carbocycles. The van der Waals surface area contributed by atoms with E-state index < -0.39 is 42.3 Å². The Morgan fingerprint density at radius 2 is 1.97 bits per heavy atom. The summed E-state index contributed by atoms with van der Waals surface area (Å²) in [5.41, 5.74) is 4.62. The van der Waals surface area contributed by atoms with Crippen LogP contribution in [0.25, 0.3) is 5.52 Å². The van der Waals surface area contributed by atoms with Crippen LogP contribution in [0.2, 0.25) is 0 Å². The molecule has 4 N–H and O–H groups in total. The number of aliphatic hydroxyl groups is 1. The number of rotatable bonds is 13. The number of nitrogens with two attached hydrogens (primary N) is 1. The SMILES string of the molecule is CO[C@](C#N)(COCN[C@@H](C)C(=O)OC1CCCCC1)[C@@H](OC(=O)C(C)C)[C@@H](O)c1ccc2c(N)ncnn12. The van der Waals surface area contributed by atoms with Crippen LogP contribution in [0.15, 0.2) is 18.5 Å². The summed E-state index contributed by atoms with van der Waals surface area (Å²) in [6.07, 6.45) is 3.06. The highest BCUT2D eigenvalue weighted by Gasteiger charge is 2.49. The van der Waals surface area contributed by atoms with Crippen molar-refractivity contribution in [1.82, 2.24) is 19.9 Å². The molecule has 2 heterocycles. The Kier molecular flexibility index (Phi) is 10.6. The second-order valence-electron chi connectivity index (χ2n) is 9.98. The van der Waals surface area contributed by atoms with Gasteiger partial charge in [-0.05, 0) is 44.7 Å². The summed E-state index contributed by atoms with van der Waals surface area (Å²) in [7, 11) is 1.25. The van der Waals surface area contributed by atoms with Gasteiger partial charge in [0.1, 0.15) is 36.2 Å². The van der Waals surface area contributed by atoms with Crippen molar-refractivity contribution in [2.45, 2.75) is 82.8 Å². The number of nitrogens with zero attached hydrogens (tertiary/aromatic N) is 4. The van der Waals surface area contributed by atoms with E-state index in [-0.39, 0.29) is 30.3 Å². The number of nitrogens with one attached hydrogen (secondary N) is 1. The van der Waals surface area contributed by atoms with Gasteiger partial charge in [0.05, 0.1) is 24.9 Å². The molecule has 13 heteroatoms. The van der Waals surface area contributed by atoms with Gasteiger partial charge in [-0.2, -0.15) is 10.4 Å². The van der Waals surface area contributed by atoms with Crippen molar-refractivity contribution < 1.29 is 33.6 Å². The van der Waals surface area contributed by atoms with E-state index >= 15 is 0 Å². The lowest BCUT2D eigenvalue weighted by molar-refractivity contribution is -0.190. The summed E-state index contributed by atoms with van der Waals surface area (Å²) < 4.78 is 23.7. The van der Waals surface area contributed by atoms with Gasteiger partial charge in [0.15, 0.2) is 11.9 Å². The van der Waals surface area contributed by atoms with Gasteiger partial charge in [0.25, 0.3) is 0 Å². The lowest BCUT2D eigenvalue weighted by Gasteiger charge is -2.36. The predicted octanol–water partition coefficient (Wildman–Crippen LogP) is 1.65. The van der Waals surface area contributed by atoms with Crippen LogP contribution in [0.1, 0.15) is 64.7 Å². The number of carbonyl (C=O) groups excluding carboxylic acids is 2. The molecule has 3 rings (SSSR count). The fourth-order valence-electron chi connectivity index (χ4n) is 4.35. The molecule has 0 amide bonds. The molecule has 0 bridgehead atoms. The van der Waals surface area contributed by atoms with Crippen LogP contribution >= 0.6 is 0 Å². The molecule has 214 valence electrons. The third-order valence-corrected chi connectivity index (χ3v) is 6.83. The van der Waals surface area contributed by atoms with Gasteiger partial charge in [-0.3, -0.25) is 14.9 Å². The number of anilines is 1. The minimum Gasteiger partial charge on any atom is -0.461 e. The quantitative estimate of drug-likeness (QED) is 0.188. The number of nitriles is 1. The fraction of sp³-hybridized carbons (Fsp3) is 0.654. The number of carbonyl (C=O) groups is 2. The molecule has 0 aliphatic heterocycles. The van der Waals surface area contributed by atoms with E-state index in [4.69, 9.17) is 24.7 Å². The molecule has 2 aromatic heterocycles. The van der Waals surface area contributed by atoms with Crippen LogP contribution in [0, 0.1) is 17.2 Å². The highest BCUT2D eigenvalue weighted by molar-refractivity contribution is 5.75. The van der Waals surface area contributed by atoms with Crippen molar-refractivity contribution in [2.24, 2.45) is 5.92 Å². The number of aliphatic hydroxyl groups excluding tert-OH is 1. The molecule has 2 aromatic rings. The molecule has 1 saturated carbocycles. The third-order valence-electron chi connectivity index (χ3n) is 6.83. The highest BCUT2D eigenvalue weighted by Crippen LogP contribution is 2.32. The summed E-state index contributed by atoms with van der Waals surface area (Å²) in [6.45, 7) is 4.38. The molecule has 0 spiro atoms. The Balaban J connectivity index is 1.73. The highest BCUT2D eigenvalue weighted by atomic mass is 16.6. The molecule has 0 radical (unpaired) electrons. The first kappa shape index (κ1) is 30.2. The van der Waals surface area contributed by atoms with Gasteiger partial charge < -0.3 is 29.8 Å². The molecule has 1 aliphatic rings. The monoisotopic (exact) mass is 546 g/mol. The van der Waals surface area contributed by atoms with E-state index in [2.05, 4.69) is 15.4 Å². The van der Waals surface area contributed by atoms with E-state index in [0.29, 0.717) is 5.52 Å². The summed E-state index contributed by atoms with van der Waals surface area (Å²) in [6, 6.07) is 4.50. The van der Waals surface area contributed by atoms with Crippen molar-refractivity contribution in [3.8, 4) is 6.07 Å². The molecular formula is C26H38N6O7. The first-order valence-corrected chi connectivity index (χ1v) is 13.1. The van der Waals surface area contributed by atoms with Crippen molar-refractivity contribution in [1.29, 1.82) is 5.26 Å². The zero-order valence-corrected chi connectivity index (χ0v) is 22.8. The smallest absolute Gasteiger partial charge is 0.323 e. The summed E-state index contributed by atoms with van der Waals surface area (Å²) in [5, 5.41) is 28.6.